The summed E-state index contributed by atoms with van der Waals surface area (Å²) in [6, 6.07) is 0. The van der Waals surface area contributed by atoms with Crippen molar-refractivity contribution in [2.75, 3.05) is 0 Å². The van der Waals surface area contributed by atoms with Crippen molar-refractivity contribution in [3.8, 4) is 0 Å². The second-order valence-corrected chi connectivity index (χ2v) is 1.77. The van der Waals surface area contributed by atoms with Crippen molar-refractivity contribution in [3.63, 3.8) is 0 Å². The first kappa shape index (κ1) is 9.64. The van der Waals surface area contributed by atoms with E-state index in [-0.39, 0.29) is 5.48 Å². The molecule has 0 unspecified atom stereocenters. The van der Waals surface area contributed by atoms with Gasteiger partial charge in [0, 0.05) is 19.1 Å². The van der Waals surface area contributed by atoms with Crippen LogP contribution < -0.4 is 0 Å². The summed E-state index contributed by atoms with van der Waals surface area (Å²) in [5.74, 6) is -1.11. The van der Waals surface area contributed by atoms with Crippen LogP contribution in [0.1, 0.15) is 6.92 Å². The molecular formula is C6H8O5. The highest BCUT2D eigenvalue weighted by atomic mass is 16.7. The highest BCUT2D eigenvalue weighted by Crippen LogP contribution is 2.00. The van der Waals surface area contributed by atoms with E-state index in [1.165, 1.54) is 6.92 Å². The first-order valence-electron chi connectivity index (χ1n) is 2.78. The van der Waals surface area contributed by atoms with Crippen molar-refractivity contribution >= 4 is 11.9 Å². The number of carbonyl (C=O) groups excluding carboxylic acids is 2. The largest absolute Gasteiger partial charge is 0.422 e. The number of rotatable bonds is 0. The molecule has 0 aromatic heterocycles. The van der Waals surface area contributed by atoms with Crippen LogP contribution in [0.3, 0.4) is 0 Å². The minimum atomic E-state index is -0.782. The van der Waals surface area contributed by atoms with Gasteiger partial charge in [0.05, 0.1) is 0 Å². The van der Waals surface area contributed by atoms with E-state index in [0.717, 1.165) is 12.2 Å². The summed E-state index contributed by atoms with van der Waals surface area (Å²) in [5, 5.41) is 0. The average molecular weight is 160 g/mol. The molecule has 0 fully saturated rings. The fraction of sp³-hybridized carbons (Fsp3) is 0.333. The van der Waals surface area contributed by atoms with Crippen LogP contribution in [0.25, 0.3) is 0 Å². The zero-order valence-corrected chi connectivity index (χ0v) is 5.87. The van der Waals surface area contributed by atoms with Crippen molar-refractivity contribution < 1.29 is 24.5 Å². The second kappa shape index (κ2) is 3.72. The topological polar surface area (TPSA) is 84.1 Å². The van der Waals surface area contributed by atoms with E-state index in [4.69, 9.17) is 0 Å². The first-order valence-corrected chi connectivity index (χ1v) is 2.78. The van der Waals surface area contributed by atoms with Crippen LogP contribution in [0.2, 0.25) is 0 Å². The fourth-order valence-electron chi connectivity index (χ4n) is 0.566. The predicted octanol–water partition coefficient (Wildman–Crippen LogP) is -0.836. The summed E-state index contributed by atoms with van der Waals surface area (Å²) in [6.45, 7) is 1.48. The maximum absolute atomic E-state index is 10.5. The highest BCUT2D eigenvalue weighted by Gasteiger charge is 2.14. The molecule has 5 nitrogen and oxygen atoms in total. The van der Waals surface area contributed by atoms with Gasteiger partial charge in [-0.05, 0) is 0 Å². The van der Waals surface area contributed by atoms with Gasteiger partial charge in [0.15, 0.2) is 0 Å². The summed E-state index contributed by atoms with van der Waals surface area (Å²) in [6.07, 6.45) is 1.28. The highest BCUT2D eigenvalue weighted by molar-refractivity contribution is 5.92. The van der Waals surface area contributed by atoms with E-state index in [1.54, 1.807) is 0 Å². The maximum atomic E-state index is 10.5. The van der Waals surface area contributed by atoms with Gasteiger partial charge in [0.25, 0.3) is 0 Å². The molecule has 11 heavy (non-hydrogen) atoms. The van der Waals surface area contributed by atoms with E-state index >= 15 is 0 Å². The molecule has 1 rings (SSSR count). The van der Waals surface area contributed by atoms with Gasteiger partial charge in [-0.1, -0.05) is 0 Å². The molecule has 0 saturated carbocycles. The molecule has 0 bridgehead atoms. The van der Waals surface area contributed by atoms with Gasteiger partial charge in [0.2, 0.25) is 6.29 Å². The smallest absolute Gasteiger partial charge is 0.334 e. The van der Waals surface area contributed by atoms with Crippen molar-refractivity contribution in [1.29, 1.82) is 0 Å². The predicted molar refractivity (Wildman–Crippen MR) is 34.4 cm³/mol. The Morgan fingerprint density at radius 3 is 1.91 bits per heavy atom. The summed E-state index contributed by atoms with van der Waals surface area (Å²) in [4.78, 5) is 21.0. The van der Waals surface area contributed by atoms with E-state index in [0.29, 0.717) is 0 Å². The third-order valence-corrected chi connectivity index (χ3v) is 0.920. The molecule has 0 aromatic rings. The fourth-order valence-corrected chi connectivity index (χ4v) is 0.566. The minimum Gasteiger partial charge on any atom is -0.422 e. The molecular weight excluding hydrogens is 152 g/mol. The first-order chi connectivity index (χ1) is 4.68. The van der Waals surface area contributed by atoms with E-state index in [9.17, 15) is 9.59 Å². The molecule has 0 atom stereocenters. The number of esters is 2. The van der Waals surface area contributed by atoms with Crippen LogP contribution in [0, 0.1) is 0 Å². The van der Waals surface area contributed by atoms with Crippen molar-refractivity contribution in [2.45, 2.75) is 13.2 Å². The Morgan fingerprint density at radius 2 is 1.55 bits per heavy atom. The lowest BCUT2D eigenvalue weighted by Gasteiger charge is -2.07. The Morgan fingerprint density at radius 1 is 1.18 bits per heavy atom. The average Bonchev–Trinajstić information content (AvgIpc) is 1.93. The second-order valence-electron chi connectivity index (χ2n) is 1.77. The quantitative estimate of drug-likeness (QED) is 0.432. The molecule has 0 spiro atoms. The lowest BCUT2D eigenvalue weighted by molar-refractivity contribution is -0.174. The summed E-state index contributed by atoms with van der Waals surface area (Å²) in [7, 11) is 0. The van der Waals surface area contributed by atoms with Crippen molar-refractivity contribution in [2.24, 2.45) is 0 Å². The normalized spacial score (nSPS) is 17.9. The van der Waals surface area contributed by atoms with E-state index in [2.05, 4.69) is 9.47 Å². The maximum Gasteiger partial charge on any atom is 0.334 e. The number of carbonyl (C=O) groups is 2. The van der Waals surface area contributed by atoms with Gasteiger partial charge in [0.1, 0.15) is 0 Å². The van der Waals surface area contributed by atoms with E-state index in [1.807, 2.05) is 0 Å². The van der Waals surface area contributed by atoms with Crippen LogP contribution in [-0.4, -0.2) is 23.7 Å². The molecule has 1 aliphatic rings. The SMILES string of the molecule is CC1OC(=O)C=CC(=O)O1.O. The van der Waals surface area contributed by atoms with Crippen LogP contribution in [0.15, 0.2) is 12.2 Å². The van der Waals surface area contributed by atoms with Gasteiger partial charge in [-0.25, -0.2) is 9.59 Å². The molecule has 0 aliphatic carbocycles. The van der Waals surface area contributed by atoms with Gasteiger partial charge in [-0.3, -0.25) is 0 Å². The lowest BCUT2D eigenvalue weighted by Crippen LogP contribution is -2.16. The molecule has 5 heteroatoms. The number of hydrogen-bond donors (Lipinski definition) is 0. The summed E-state index contributed by atoms with van der Waals surface area (Å²) in [5.41, 5.74) is 0. The Bertz CT molecular complexity index is 175. The third-order valence-electron chi connectivity index (χ3n) is 0.920. The molecule has 0 amide bonds. The Balaban J connectivity index is 0.000001000. The van der Waals surface area contributed by atoms with Crippen LogP contribution in [0.5, 0.6) is 0 Å². The van der Waals surface area contributed by atoms with Gasteiger partial charge in [-0.15, -0.1) is 0 Å². The minimum absolute atomic E-state index is 0. The molecule has 62 valence electrons. The molecule has 1 aliphatic heterocycles. The lowest BCUT2D eigenvalue weighted by atomic mass is 10.5. The Hall–Kier alpha value is -1.36. The third kappa shape index (κ3) is 2.81. The Labute approximate surface area is 62.9 Å². The zero-order valence-electron chi connectivity index (χ0n) is 5.87. The number of ether oxygens (including phenoxy) is 2. The molecule has 0 aromatic carbocycles. The van der Waals surface area contributed by atoms with Crippen molar-refractivity contribution in [1.82, 2.24) is 0 Å². The van der Waals surface area contributed by atoms with Crippen LogP contribution in [0.4, 0.5) is 0 Å². The summed E-state index contributed by atoms with van der Waals surface area (Å²) < 4.78 is 9.03. The van der Waals surface area contributed by atoms with E-state index < -0.39 is 18.2 Å². The van der Waals surface area contributed by atoms with Crippen molar-refractivity contribution in [3.05, 3.63) is 12.2 Å². The van der Waals surface area contributed by atoms with Gasteiger partial charge < -0.3 is 14.9 Å². The molecule has 1 heterocycles. The molecule has 2 N–H and O–H groups in total. The number of hydrogen-bond acceptors (Lipinski definition) is 4. The van der Waals surface area contributed by atoms with Gasteiger partial charge >= 0.3 is 11.9 Å². The molecule has 0 saturated heterocycles. The zero-order chi connectivity index (χ0) is 7.56. The number of cyclic esters (lactones) is 2. The monoisotopic (exact) mass is 160 g/mol. The Kier molecular flexibility index (Phi) is 3.26. The standard InChI is InChI=1S/C6H6O4.H2O/c1-4-9-5(7)2-3-6(8)10-4;/h2-4H,1H3;1H2. The summed E-state index contributed by atoms with van der Waals surface area (Å²) >= 11 is 0. The molecule has 0 radical (unpaired) electrons. The van der Waals surface area contributed by atoms with Gasteiger partial charge in [-0.2, -0.15) is 0 Å². The van der Waals surface area contributed by atoms with Crippen LogP contribution in [-0.2, 0) is 19.1 Å². The van der Waals surface area contributed by atoms with Crippen LogP contribution >= 0.6 is 0 Å².